The first-order valence-corrected chi connectivity index (χ1v) is 19.4. The fourth-order valence-electron chi connectivity index (χ4n) is 8.32. The minimum absolute atomic E-state index is 0.128. The molecule has 1 N–H and O–H groups in total. The molecule has 0 saturated heterocycles. The topological polar surface area (TPSA) is 102 Å². The van der Waals surface area contributed by atoms with Crippen molar-refractivity contribution in [2.24, 2.45) is 0 Å². The fraction of sp³-hybridized carbons (Fsp3) is 0. The molecule has 2 heterocycles. The number of rotatable bonds is 9. The summed E-state index contributed by atoms with van der Waals surface area (Å²) in [6, 6.07) is 67.0. The second kappa shape index (κ2) is 14.8. The Labute approximate surface area is 344 Å². The van der Waals surface area contributed by atoms with Crippen molar-refractivity contribution in [3.63, 3.8) is 0 Å². The highest BCUT2D eigenvalue weighted by atomic mass is 16.4. The van der Waals surface area contributed by atoms with Crippen LogP contribution in [0.1, 0.15) is 16.2 Å². The summed E-state index contributed by atoms with van der Waals surface area (Å²) in [5.41, 5.74) is 8.46. The SMILES string of the molecule is N#Cc1nc2c3ccc(-c4ccc(N(c5ccccc5)c5ccccc5)cc4)c4c(-c5ccc(N(c6ccccc6)c6ccccc6)cc5)ccc(c(=O)n2c1C(=O)O)c43. The molecule has 0 unspecified atom stereocenters. The summed E-state index contributed by atoms with van der Waals surface area (Å²) < 4.78 is 1.06. The molecule has 0 aliphatic rings. The van der Waals surface area contributed by atoms with E-state index in [1.54, 1.807) is 6.07 Å². The molecule has 0 bridgehead atoms. The average Bonchev–Trinajstić information content (AvgIpc) is 3.71. The predicted octanol–water partition coefficient (Wildman–Crippen LogP) is 12.3. The summed E-state index contributed by atoms with van der Waals surface area (Å²) in [4.78, 5) is 35.6. The van der Waals surface area contributed by atoms with Gasteiger partial charge >= 0.3 is 5.97 Å². The molecule has 0 aliphatic heterocycles. The fourth-order valence-corrected chi connectivity index (χ4v) is 8.32. The lowest BCUT2D eigenvalue weighted by molar-refractivity contribution is 0.0688. The monoisotopic (exact) mass is 775 g/mol. The zero-order valence-electron chi connectivity index (χ0n) is 32.0. The Morgan fingerprint density at radius 3 is 1.27 bits per heavy atom. The largest absolute Gasteiger partial charge is 0.476 e. The van der Waals surface area contributed by atoms with Crippen LogP contribution in [0.25, 0.3) is 49.4 Å². The zero-order valence-corrected chi connectivity index (χ0v) is 32.0. The molecule has 10 rings (SSSR count). The lowest BCUT2D eigenvalue weighted by Crippen LogP contribution is -2.18. The van der Waals surface area contributed by atoms with Crippen molar-refractivity contribution in [1.82, 2.24) is 9.38 Å². The van der Waals surface area contributed by atoms with Gasteiger partial charge in [0.1, 0.15) is 11.7 Å². The first-order valence-electron chi connectivity index (χ1n) is 19.4. The molecule has 2 aromatic heterocycles. The number of carbonyl (C=O) groups is 1. The van der Waals surface area contributed by atoms with Crippen molar-refractivity contribution < 1.29 is 9.90 Å². The zero-order chi connectivity index (χ0) is 40.7. The number of hydrogen-bond acceptors (Lipinski definition) is 6. The number of pyridine rings is 1. The van der Waals surface area contributed by atoms with E-state index in [1.807, 2.05) is 97.1 Å². The third-order valence-electron chi connectivity index (χ3n) is 11.0. The predicted molar refractivity (Wildman–Crippen MR) is 240 cm³/mol. The van der Waals surface area contributed by atoms with Crippen molar-refractivity contribution in [2.45, 2.75) is 0 Å². The van der Waals surface area contributed by atoms with Gasteiger partial charge in [-0.1, -0.05) is 109 Å². The second-order valence-corrected chi connectivity index (χ2v) is 14.4. The van der Waals surface area contributed by atoms with Gasteiger partial charge in [0, 0.05) is 50.3 Å². The van der Waals surface area contributed by atoms with Gasteiger partial charge in [0.25, 0.3) is 5.56 Å². The number of anilines is 6. The first-order chi connectivity index (χ1) is 29.5. The number of para-hydroxylation sites is 4. The highest BCUT2D eigenvalue weighted by molar-refractivity contribution is 6.23. The summed E-state index contributed by atoms with van der Waals surface area (Å²) in [6.45, 7) is 0. The third kappa shape index (κ3) is 5.97. The molecule has 0 atom stereocenters. The van der Waals surface area contributed by atoms with E-state index in [4.69, 9.17) is 0 Å². The minimum Gasteiger partial charge on any atom is -0.476 e. The molecule has 0 amide bonds. The third-order valence-corrected chi connectivity index (χ3v) is 11.0. The van der Waals surface area contributed by atoms with E-state index < -0.39 is 17.2 Å². The van der Waals surface area contributed by atoms with Gasteiger partial charge in [-0.05, 0) is 113 Å². The van der Waals surface area contributed by atoms with Crippen LogP contribution in [-0.2, 0) is 0 Å². The first kappa shape index (κ1) is 35.8. The van der Waals surface area contributed by atoms with E-state index >= 15 is 0 Å². The normalized spacial score (nSPS) is 11.2. The molecule has 0 saturated carbocycles. The van der Waals surface area contributed by atoms with Gasteiger partial charge in [0.2, 0.25) is 0 Å². The summed E-state index contributed by atoms with van der Waals surface area (Å²) in [6.07, 6.45) is 0. The van der Waals surface area contributed by atoms with Crippen molar-refractivity contribution in [3.05, 3.63) is 216 Å². The molecular formula is C52H33N5O3. The number of aromatic nitrogens is 2. The van der Waals surface area contributed by atoms with E-state index in [0.29, 0.717) is 16.2 Å². The van der Waals surface area contributed by atoms with E-state index in [1.165, 1.54) is 0 Å². The number of nitriles is 1. The molecule has 0 fully saturated rings. The Balaban J connectivity index is 1.18. The number of nitrogens with zero attached hydrogens (tertiary/aromatic N) is 5. The number of benzene rings is 8. The molecule has 10 aromatic rings. The number of hydrogen-bond donors (Lipinski definition) is 1. The molecule has 60 heavy (non-hydrogen) atoms. The number of carboxylic acid groups (broad SMARTS) is 1. The summed E-state index contributed by atoms with van der Waals surface area (Å²) in [5.74, 6) is -1.40. The molecular weight excluding hydrogens is 743 g/mol. The quantitative estimate of drug-likeness (QED) is 0.156. The van der Waals surface area contributed by atoms with Crippen LogP contribution in [0.15, 0.2) is 199 Å². The molecule has 8 heteroatoms. The van der Waals surface area contributed by atoms with Crippen LogP contribution >= 0.6 is 0 Å². The van der Waals surface area contributed by atoms with Crippen LogP contribution in [0.3, 0.4) is 0 Å². The van der Waals surface area contributed by atoms with Gasteiger partial charge in [-0.2, -0.15) is 5.26 Å². The van der Waals surface area contributed by atoms with Crippen LogP contribution in [0.4, 0.5) is 34.1 Å². The van der Waals surface area contributed by atoms with Gasteiger partial charge in [0.15, 0.2) is 11.4 Å². The van der Waals surface area contributed by atoms with E-state index in [9.17, 15) is 20.0 Å². The van der Waals surface area contributed by atoms with Crippen LogP contribution in [0.2, 0.25) is 0 Å². The molecule has 0 radical (unpaired) electrons. The Kier molecular flexibility index (Phi) is 8.82. The van der Waals surface area contributed by atoms with Crippen LogP contribution in [-0.4, -0.2) is 20.5 Å². The molecule has 0 aliphatic carbocycles. The highest BCUT2D eigenvalue weighted by Crippen LogP contribution is 2.44. The lowest BCUT2D eigenvalue weighted by Gasteiger charge is -2.26. The summed E-state index contributed by atoms with van der Waals surface area (Å²) in [5, 5.41) is 22.4. The van der Waals surface area contributed by atoms with Gasteiger partial charge in [0.05, 0.1) is 0 Å². The van der Waals surface area contributed by atoms with Crippen LogP contribution < -0.4 is 15.4 Å². The number of fused-ring (bicyclic) bond motifs is 2. The average molecular weight is 776 g/mol. The van der Waals surface area contributed by atoms with Crippen molar-refractivity contribution in [1.29, 1.82) is 5.26 Å². The maximum atomic E-state index is 14.4. The molecule has 8 aromatic carbocycles. The van der Waals surface area contributed by atoms with Gasteiger partial charge in [-0.15, -0.1) is 0 Å². The lowest BCUT2D eigenvalue weighted by atomic mass is 9.88. The smallest absolute Gasteiger partial charge is 0.356 e. The Morgan fingerprint density at radius 1 is 0.500 bits per heavy atom. The van der Waals surface area contributed by atoms with Crippen molar-refractivity contribution in [2.75, 3.05) is 9.80 Å². The van der Waals surface area contributed by atoms with Crippen LogP contribution in [0.5, 0.6) is 0 Å². The molecule has 8 nitrogen and oxygen atoms in total. The second-order valence-electron chi connectivity index (χ2n) is 14.4. The van der Waals surface area contributed by atoms with E-state index in [0.717, 1.165) is 66.2 Å². The highest BCUT2D eigenvalue weighted by Gasteiger charge is 2.26. The summed E-state index contributed by atoms with van der Waals surface area (Å²) >= 11 is 0. The van der Waals surface area contributed by atoms with Gasteiger partial charge in [-0.3, -0.25) is 9.20 Å². The Hall–Kier alpha value is -8.54. The maximum absolute atomic E-state index is 14.4. The maximum Gasteiger partial charge on any atom is 0.356 e. The standard InChI is InChI=1S/C52H33N5O3/c53-33-46-49(52(59)60)57-50(54-46)44-31-29-42(34-21-25-40(26-22-34)55(36-13-5-1-6-14-36)37-15-7-2-8-16-37)47-43(30-32-45(48(44)47)51(57)58)35-23-27-41(28-24-35)56(38-17-9-3-10-18-38)39-19-11-4-12-20-39/h1-32H,(H,59,60). The van der Waals surface area contributed by atoms with E-state index in [-0.39, 0.29) is 11.3 Å². The van der Waals surface area contributed by atoms with Gasteiger partial charge in [-0.25, -0.2) is 9.78 Å². The molecule has 284 valence electrons. The molecule has 0 spiro atoms. The van der Waals surface area contributed by atoms with Gasteiger partial charge < -0.3 is 14.9 Å². The Morgan fingerprint density at radius 2 is 0.883 bits per heavy atom. The number of carboxylic acids is 1. The Bertz CT molecular complexity index is 3080. The van der Waals surface area contributed by atoms with E-state index in [2.05, 4.69) is 112 Å². The number of aromatic carboxylic acids is 1. The van der Waals surface area contributed by atoms with Crippen LogP contribution in [0, 0.1) is 11.3 Å². The number of imidazole rings is 1. The summed E-state index contributed by atoms with van der Waals surface area (Å²) in [7, 11) is 0. The van der Waals surface area contributed by atoms with Crippen molar-refractivity contribution in [3.8, 4) is 28.3 Å². The van der Waals surface area contributed by atoms with Crippen molar-refractivity contribution >= 4 is 67.3 Å². The minimum atomic E-state index is -1.40.